The van der Waals surface area contributed by atoms with Gasteiger partial charge in [0.2, 0.25) is 0 Å². The van der Waals surface area contributed by atoms with E-state index >= 15 is 0 Å². The minimum Gasteiger partial charge on any atom is -0.336 e. The Balaban J connectivity index is 1.46. The van der Waals surface area contributed by atoms with Gasteiger partial charge in [-0.1, -0.05) is 6.42 Å². The summed E-state index contributed by atoms with van der Waals surface area (Å²) >= 11 is 0. The zero-order valence-electron chi connectivity index (χ0n) is 13.1. The zero-order chi connectivity index (χ0) is 15.6. The number of carbonyl (C=O) groups is 1. The first-order valence-electron chi connectivity index (χ1n) is 8.29. The average Bonchev–Trinajstić information content (AvgIpc) is 3.15. The Kier molecular flexibility index (Phi) is 3.83. The van der Waals surface area contributed by atoms with E-state index in [1.54, 1.807) is 18.7 Å². The molecule has 0 saturated carbocycles. The zero-order valence-corrected chi connectivity index (χ0v) is 13.1. The molecule has 4 heterocycles. The largest absolute Gasteiger partial charge is 0.336 e. The van der Waals surface area contributed by atoms with E-state index in [9.17, 15) is 4.79 Å². The van der Waals surface area contributed by atoms with Crippen LogP contribution in [0.3, 0.4) is 0 Å². The molecule has 2 fully saturated rings. The number of piperidine rings is 1. The summed E-state index contributed by atoms with van der Waals surface area (Å²) < 4.78 is 1.83. The van der Waals surface area contributed by atoms with E-state index in [4.69, 9.17) is 0 Å². The van der Waals surface area contributed by atoms with Crippen LogP contribution in [0.15, 0.2) is 37.1 Å². The van der Waals surface area contributed by atoms with Crippen molar-refractivity contribution in [3.63, 3.8) is 0 Å². The SMILES string of the molecule is O=C(c1ccc(-n2ccnc2)nc1)N1CCN2CCCC[C@@H]2C1. The maximum absolute atomic E-state index is 12.7. The molecule has 2 aromatic rings. The van der Waals surface area contributed by atoms with E-state index < -0.39 is 0 Å². The number of aromatic nitrogens is 3. The summed E-state index contributed by atoms with van der Waals surface area (Å²) in [6.07, 6.45) is 10.7. The molecular weight excluding hydrogens is 290 g/mol. The third-order valence-electron chi connectivity index (χ3n) is 4.89. The average molecular weight is 311 g/mol. The first-order chi connectivity index (χ1) is 11.3. The molecule has 1 atom stereocenters. The quantitative estimate of drug-likeness (QED) is 0.845. The lowest BCUT2D eigenvalue weighted by Crippen LogP contribution is -2.56. The van der Waals surface area contributed by atoms with Crippen molar-refractivity contribution in [3.8, 4) is 5.82 Å². The summed E-state index contributed by atoms with van der Waals surface area (Å²) in [5, 5.41) is 0. The van der Waals surface area contributed by atoms with Gasteiger partial charge < -0.3 is 4.90 Å². The van der Waals surface area contributed by atoms with Gasteiger partial charge in [-0.3, -0.25) is 14.3 Å². The molecule has 23 heavy (non-hydrogen) atoms. The van der Waals surface area contributed by atoms with Gasteiger partial charge in [0.25, 0.3) is 5.91 Å². The molecule has 4 rings (SSSR count). The van der Waals surface area contributed by atoms with Crippen LogP contribution in [-0.2, 0) is 0 Å². The van der Waals surface area contributed by atoms with Crippen molar-refractivity contribution in [3.05, 3.63) is 42.6 Å². The number of hydrogen-bond acceptors (Lipinski definition) is 4. The van der Waals surface area contributed by atoms with Crippen LogP contribution in [-0.4, -0.2) is 62.5 Å². The number of pyridine rings is 1. The number of imidazole rings is 1. The van der Waals surface area contributed by atoms with Crippen molar-refractivity contribution in [1.29, 1.82) is 0 Å². The van der Waals surface area contributed by atoms with Crippen molar-refractivity contribution < 1.29 is 4.79 Å². The summed E-state index contributed by atoms with van der Waals surface area (Å²) in [5.41, 5.74) is 0.665. The Hall–Kier alpha value is -2.21. The molecule has 2 aromatic heterocycles. The number of rotatable bonds is 2. The molecule has 0 aliphatic carbocycles. The highest BCUT2D eigenvalue weighted by atomic mass is 16.2. The first-order valence-corrected chi connectivity index (χ1v) is 8.29. The maximum Gasteiger partial charge on any atom is 0.255 e. The van der Waals surface area contributed by atoms with E-state index in [1.807, 2.05) is 27.8 Å². The summed E-state index contributed by atoms with van der Waals surface area (Å²) in [4.78, 5) is 25.6. The Bertz CT molecular complexity index is 667. The summed E-state index contributed by atoms with van der Waals surface area (Å²) in [7, 11) is 0. The van der Waals surface area contributed by atoms with E-state index in [1.165, 1.54) is 25.8 Å². The monoisotopic (exact) mass is 311 g/mol. The van der Waals surface area contributed by atoms with Crippen LogP contribution in [0.2, 0.25) is 0 Å². The van der Waals surface area contributed by atoms with Crippen molar-refractivity contribution in [2.75, 3.05) is 26.2 Å². The van der Waals surface area contributed by atoms with Crippen LogP contribution in [0, 0.1) is 0 Å². The number of carbonyl (C=O) groups excluding carboxylic acids is 1. The molecule has 0 N–H and O–H groups in total. The Morgan fingerprint density at radius 3 is 2.91 bits per heavy atom. The second-order valence-corrected chi connectivity index (χ2v) is 6.31. The predicted molar refractivity (Wildman–Crippen MR) is 86.5 cm³/mol. The minimum absolute atomic E-state index is 0.0971. The topological polar surface area (TPSA) is 54.3 Å². The van der Waals surface area contributed by atoms with Gasteiger partial charge in [-0.2, -0.15) is 0 Å². The van der Waals surface area contributed by atoms with Gasteiger partial charge in [0.05, 0.1) is 5.56 Å². The highest BCUT2D eigenvalue weighted by Crippen LogP contribution is 2.22. The normalized spacial score (nSPS) is 21.9. The number of piperazine rings is 1. The molecule has 2 aliphatic rings. The summed E-state index contributed by atoms with van der Waals surface area (Å²) in [6, 6.07) is 4.27. The van der Waals surface area contributed by atoms with Gasteiger partial charge >= 0.3 is 0 Å². The molecule has 120 valence electrons. The van der Waals surface area contributed by atoms with E-state index in [2.05, 4.69) is 14.9 Å². The van der Waals surface area contributed by atoms with Crippen LogP contribution in [0.1, 0.15) is 29.6 Å². The van der Waals surface area contributed by atoms with Gasteiger partial charge in [0.1, 0.15) is 12.1 Å². The summed E-state index contributed by atoms with van der Waals surface area (Å²) in [6.45, 7) is 3.85. The molecule has 6 nitrogen and oxygen atoms in total. The molecule has 0 aromatic carbocycles. The molecule has 0 spiro atoms. The van der Waals surface area contributed by atoms with Gasteiger partial charge in [-0.25, -0.2) is 9.97 Å². The lowest BCUT2D eigenvalue weighted by molar-refractivity contribution is 0.0372. The standard InChI is InChI=1S/C17H21N5O/c23-17(21-10-9-20-7-2-1-3-15(20)12-21)14-4-5-16(19-11-14)22-8-6-18-13-22/h4-6,8,11,13,15H,1-3,7,9-10,12H2/t15-/m1/s1. The maximum atomic E-state index is 12.7. The predicted octanol–water partition coefficient (Wildman–Crippen LogP) is 1.58. The lowest BCUT2D eigenvalue weighted by Gasteiger charge is -2.44. The fourth-order valence-corrected chi connectivity index (χ4v) is 3.58. The molecule has 2 saturated heterocycles. The Morgan fingerprint density at radius 1 is 1.17 bits per heavy atom. The Labute approximate surface area is 135 Å². The Morgan fingerprint density at radius 2 is 2.13 bits per heavy atom. The fraction of sp³-hybridized carbons (Fsp3) is 0.471. The van der Waals surface area contributed by atoms with E-state index in [0.717, 1.165) is 25.5 Å². The molecular formula is C17H21N5O. The molecule has 2 aliphatic heterocycles. The molecule has 0 bridgehead atoms. The van der Waals surface area contributed by atoms with E-state index in [0.29, 0.717) is 11.6 Å². The highest BCUT2D eigenvalue weighted by Gasteiger charge is 2.31. The van der Waals surface area contributed by atoms with Gasteiger partial charge in [0.15, 0.2) is 0 Å². The number of hydrogen-bond donors (Lipinski definition) is 0. The van der Waals surface area contributed by atoms with Crippen molar-refractivity contribution in [1.82, 2.24) is 24.3 Å². The second kappa shape index (κ2) is 6.12. The first kappa shape index (κ1) is 14.4. The van der Waals surface area contributed by atoms with Crippen LogP contribution in [0.5, 0.6) is 0 Å². The lowest BCUT2D eigenvalue weighted by atomic mass is 9.99. The number of amides is 1. The molecule has 1 amide bonds. The van der Waals surface area contributed by atoms with Crippen molar-refractivity contribution >= 4 is 5.91 Å². The van der Waals surface area contributed by atoms with Crippen LogP contribution < -0.4 is 0 Å². The third-order valence-corrected chi connectivity index (χ3v) is 4.89. The van der Waals surface area contributed by atoms with Crippen molar-refractivity contribution in [2.45, 2.75) is 25.3 Å². The second-order valence-electron chi connectivity index (χ2n) is 6.31. The van der Waals surface area contributed by atoms with Crippen molar-refractivity contribution in [2.24, 2.45) is 0 Å². The van der Waals surface area contributed by atoms with Gasteiger partial charge in [0, 0.05) is 44.3 Å². The van der Waals surface area contributed by atoms with Gasteiger partial charge in [-0.15, -0.1) is 0 Å². The number of nitrogens with zero attached hydrogens (tertiary/aromatic N) is 5. The van der Waals surface area contributed by atoms with Crippen LogP contribution in [0.25, 0.3) is 5.82 Å². The highest BCUT2D eigenvalue weighted by molar-refractivity contribution is 5.94. The number of fused-ring (bicyclic) bond motifs is 1. The third kappa shape index (κ3) is 2.86. The van der Waals surface area contributed by atoms with Crippen LogP contribution >= 0.6 is 0 Å². The minimum atomic E-state index is 0.0971. The molecule has 0 unspecified atom stereocenters. The molecule has 0 radical (unpaired) electrons. The van der Waals surface area contributed by atoms with Gasteiger partial charge in [-0.05, 0) is 31.5 Å². The smallest absolute Gasteiger partial charge is 0.255 e. The summed E-state index contributed by atoms with van der Waals surface area (Å²) in [5.74, 6) is 0.871. The molecule has 6 heteroatoms. The van der Waals surface area contributed by atoms with Crippen LogP contribution in [0.4, 0.5) is 0 Å². The van der Waals surface area contributed by atoms with E-state index in [-0.39, 0.29) is 5.91 Å². The fourth-order valence-electron chi connectivity index (χ4n) is 3.58.